The molecule has 9 heteroatoms. The average Bonchev–Trinajstić information content (AvgIpc) is 3.41. The molecule has 0 radical (unpaired) electrons. The molecule has 31 heavy (non-hydrogen) atoms. The van der Waals surface area contributed by atoms with Crippen LogP contribution in [0.3, 0.4) is 0 Å². The van der Waals surface area contributed by atoms with Crippen molar-refractivity contribution in [3.05, 3.63) is 16.0 Å². The molecule has 1 aliphatic carbocycles. The highest BCUT2D eigenvalue weighted by Crippen LogP contribution is 2.40. The van der Waals surface area contributed by atoms with Crippen LogP contribution in [0.25, 0.3) is 0 Å². The predicted octanol–water partition coefficient (Wildman–Crippen LogP) is 1.92. The van der Waals surface area contributed by atoms with Crippen molar-refractivity contribution in [3.63, 3.8) is 0 Å². The molecule has 4 rings (SSSR count). The van der Waals surface area contributed by atoms with Gasteiger partial charge < -0.3 is 19.7 Å². The van der Waals surface area contributed by atoms with Crippen LogP contribution in [0.2, 0.25) is 0 Å². The molecular formula is C22H31N3O5S. The highest BCUT2D eigenvalue weighted by molar-refractivity contribution is 7.17. The van der Waals surface area contributed by atoms with Crippen molar-refractivity contribution in [1.82, 2.24) is 9.80 Å². The van der Waals surface area contributed by atoms with Gasteiger partial charge in [0.05, 0.1) is 19.2 Å². The molecule has 2 unspecified atom stereocenters. The first-order valence-corrected chi connectivity index (χ1v) is 11.9. The number of nitrogens with one attached hydrogen (secondary N) is 1. The minimum Gasteiger partial charge on any atom is -0.465 e. The highest BCUT2D eigenvalue weighted by atomic mass is 32.1. The number of methoxy groups -OCH3 is 1. The zero-order valence-corrected chi connectivity index (χ0v) is 19.1. The molecule has 2 amide bonds. The van der Waals surface area contributed by atoms with Gasteiger partial charge in [-0.15, -0.1) is 11.3 Å². The number of esters is 1. The van der Waals surface area contributed by atoms with Gasteiger partial charge in [0.25, 0.3) is 5.91 Å². The highest BCUT2D eigenvalue weighted by Gasteiger charge is 2.32. The Labute approximate surface area is 186 Å². The molecule has 0 saturated carbocycles. The molecule has 0 aromatic carbocycles. The van der Waals surface area contributed by atoms with Crippen LogP contribution in [0.1, 0.15) is 47.0 Å². The van der Waals surface area contributed by atoms with E-state index in [1.807, 2.05) is 9.80 Å². The Hall–Kier alpha value is -1.97. The maximum absolute atomic E-state index is 12.7. The maximum atomic E-state index is 12.7. The molecule has 3 aliphatic rings. The number of hydrogen-bond acceptors (Lipinski definition) is 7. The standard InChI is InChI=1S/C22H31N3O5S/c1-14-5-6-15-17(12-14)31-20(19(15)22(28)29-2)23-18(26)13-24-7-9-25(10-8-24)21(27)16-4-3-11-30-16/h14,16H,3-13H2,1-2H3,(H,23,26). The number of ether oxygens (including phenoxy) is 2. The van der Waals surface area contributed by atoms with Gasteiger partial charge in [-0.1, -0.05) is 6.92 Å². The van der Waals surface area contributed by atoms with E-state index < -0.39 is 0 Å². The molecule has 2 aliphatic heterocycles. The lowest BCUT2D eigenvalue weighted by Crippen LogP contribution is -2.52. The molecule has 2 saturated heterocycles. The zero-order valence-electron chi connectivity index (χ0n) is 18.3. The lowest BCUT2D eigenvalue weighted by Gasteiger charge is -2.35. The summed E-state index contributed by atoms with van der Waals surface area (Å²) in [6.45, 7) is 5.61. The van der Waals surface area contributed by atoms with Gasteiger partial charge in [-0.05, 0) is 43.6 Å². The van der Waals surface area contributed by atoms with E-state index in [1.165, 1.54) is 23.3 Å². The number of nitrogens with zero attached hydrogens (tertiary/aromatic N) is 2. The monoisotopic (exact) mass is 449 g/mol. The smallest absolute Gasteiger partial charge is 0.341 e. The molecule has 0 spiro atoms. The number of carbonyl (C=O) groups excluding carboxylic acids is 3. The fraction of sp³-hybridized carbons (Fsp3) is 0.682. The number of carbonyl (C=O) groups is 3. The third-order valence-electron chi connectivity index (χ3n) is 6.41. The van der Waals surface area contributed by atoms with Gasteiger partial charge in [0.15, 0.2) is 0 Å². The molecule has 3 heterocycles. The van der Waals surface area contributed by atoms with Crippen LogP contribution >= 0.6 is 11.3 Å². The minimum atomic E-state index is -0.386. The van der Waals surface area contributed by atoms with Crippen LogP contribution in [0, 0.1) is 5.92 Å². The van der Waals surface area contributed by atoms with Crippen LogP contribution in [-0.2, 0) is 31.9 Å². The second-order valence-electron chi connectivity index (χ2n) is 8.70. The first-order chi connectivity index (χ1) is 15.0. The Bertz CT molecular complexity index is 840. The van der Waals surface area contributed by atoms with E-state index in [2.05, 4.69) is 12.2 Å². The van der Waals surface area contributed by atoms with Gasteiger partial charge in [-0.3, -0.25) is 14.5 Å². The lowest BCUT2D eigenvalue weighted by atomic mass is 9.88. The maximum Gasteiger partial charge on any atom is 0.341 e. The summed E-state index contributed by atoms with van der Waals surface area (Å²) in [5.74, 6) is 0.121. The van der Waals surface area contributed by atoms with E-state index in [9.17, 15) is 14.4 Å². The van der Waals surface area contributed by atoms with Gasteiger partial charge in [0.2, 0.25) is 5.91 Å². The van der Waals surface area contributed by atoms with Crippen LogP contribution in [0.5, 0.6) is 0 Å². The van der Waals surface area contributed by atoms with Crippen molar-refractivity contribution in [2.75, 3.05) is 51.8 Å². The van der Waals surface area contributed by atoms with Crippen molar-refractivity contribution in [2.24, 2.45) is 5.92 Å². The molecule has 1 aromatic heterocycles. The largest absolute Gasteiger partial charge is 0.465 e. The van der Waals surface area contributed by atoms with E-state index in [0.29, 0.717) is 49.3 Å². The van der Waals surface area contributed by atoms with Crippen molar-refractivity contribution >= 4 is 34.1 Å². The van der Waals surface area contributed by atoms with Crippen molar-refractivity contribution in [1.29, 1.82) is 0 Å². The second-order valence-corrected chi connectivity index (χ2v) is 9.80. The topological polar surface area (TPSA) is 88.2 Å². The fourth-order valence-electron chi connectivity index (χ4n) is 4.63. The molecule has 0 bridgehead atoms. The fourth-order valence-corrected chi connectivity index (χ4v) is 6.04. The third-order valence-corrected chi connectivity index (χ3v) is 7.58. The number of amides is 2. The summed E-state index contributed by atoms with van der Waals surface area (Å²) in [7, 11) is 1.38. The van der Waals surface area contributed by atoms with E-state index >= 15 is 0 Å². The minimum absolute atomic E-state index is 0.0720. The number of piperazine rings is 1. The molecular weight excluding hydrogens is 418 g/mol. The first-order valence-electron chi connectivity index (χ1n) is 11.1. The summed E-state index contributed by atoms with van der Waals surface area (Å²) >= 11 is 1.50. The van der Waals surface area contributed by atoms with E-state index in [0.717, 1.165) is 37.7 Å². The number of rotatable bonds is 5. The van der Waals surface area contributed by atoms with Crippen molar-refractivity contribution < 1.29 is 23.9 Å². The summed E-state index contributed by atoms with van der Waals surface area (Å²) < 4.78 is 10.5. The predicted molar refractivity (Wildman–Crippen MR) is 117 cm³/mol. The van der Waals surface area contributed by atoms with Crippen LogP contribution < -0.4 is 5.32 Å². The molecule has 1 aromatic rings. The van der Waals surface area contributed by atoms with Crippen LogP contribution in [0.15, 0.2) is 0 Å². The molecule has 170 valence electrons. The molecule has 1 N–H and O–H groups in total. The second kappa shape index (κ2) is 9.67. The summed E-state index contributed by atoms with van der Waals surface area (Å²) in [5.41, 5.74) is 1.56. The normalized spacial score (nSPS) is 24.0. The number of fused-ring (bicyclic) bond motifs is 1. The van der Waals surface area contributed by atoms with E-state index in [4.69, 9.17) is 9.47 Å². The molecule has 2 fully saturated rings. The Morgan fingerprint density at radius 3 is 2.65 bits per heavy atom. The third kappa shape index (κ3) is 4.94. The Balaban J connectivity index is 1.34. The summed E-state index contributed by atoms with van der Waals surface area (Å²) in [6.07, 6.45) is 4.26. The van der Waals surface area contributed by atoms with Gasteiger partial charge >= 0.3 is 5.97 Å². The molecule has 8 nitrogen and oxygen atoms in total. The van der Waals surface area contributed by atoms with Crippen LogP contribution in [-0.4, -0.2) is 80.1 Å². The Morgan fingerprint density at radius 2 is 1.97 bits per heavy atom. The van der Waals surface area contributed by atoms with Gasteiger partial charge in [0.1, 0.15) is 11.1 Å². The van der Waals surface area contributed by atoms with E-state index in [1.54, 1.807) is 0 Å². The van der Waals surface area contributed by atoms with Gasteiger partial charge in [-0.25, -0.2) is 4.79 Å². The molecule has 2 atom stereocenters. The van der Waals surface area contributed by atoms with Gasteiger partial charge in [0, 0.05) is 37.7 Å². The number of hydrogen-bond donors (Lipinski definition) is 1. The van der Waals surface area contributed by atoms with Crippen molar-refractivity contribution in [2.45, 2.75) is 45.1 Å². The summed E-state index contributed by atoms with van der Waals surface area (Å²) in [6, 6.07) is 0. The quantitative estimate of drug-likeness (QED) is 0.691. The average molecular weight is 450 g/mol. The van der Waals surface area contributed by atoms with Gasteiger partial charge in [-0.2, -0.15) is 0 Å². The van der Waals surface area contributed by atoms with Crippen molar-refractivity contribution in [3.8, 4) is 0 Å². The Kier molecular flexibility index (Phi) is 6.93. The van der Waals surface area contributed by atoms with E-state index in [-0.39, 0.29) is 30.4 Å². The summed E-state index contributed by atoms with van der Waals surface area (Å²) in [4.78, 5) is 42.7. The number of thiophene rings is 1. The number of anilines is 1. The lowest BCUT2D eigenvalue weighted by molar-refractivity contribution is -0.142. The SMILES string of the molecule is COC(=O)c1c(NC(=O)CN2CCN(C(=O)C3CCCO3)CC2)sc2c1CCC(C)C2. The summed E-state index contributed by atoms with van der Waals surface area (Å²) in [5, 5.41) is 3.56. The first kappa shape index (κ1) is 22.2. The zero-order chi connectivity index (χ0) is 22.0. The Morgan fingerprint density at radius 1 is 1.19 bits per heavy atom. The van der Waals surface area contributed by atoms with Crippen LogP contribution in [0.4, 0.5) is 5.00 Å².